The third-order valence-electron chi connectivity index (χ3n) is 3.57. The number of halogens is 2. The molecule has 0 bridgehead atoms. The Morgan fingerprint density at radius 1 is 1.48 bits per heavy atom. The van der Waals surface area contributed by atoms with Crippen molar-refractivity contribution in [3.63, 3.8) is 0 Å². The van der Waals surface area contributed by atoms with Crippen LogP contribution in [0.4, 0.5) is 5.69 Å². The molecule has 0 aromatic heterocycles. The first-order chi connectivity index (χ1) is 10.0. The second-order valence-corrected chi connectivity index (χ2v) is 5.96. The summed E-state index contributed by atoms with van der Waals surface area (Å²) in [6.07, 6.45) is 0.962. The third-order valence-corrected chi connectivity index (χ3v) is 4.25. The standard InChI is InChI=1S/C15H18Cl2N2O2/c1-10-3-4-12(8-13(10)17)19-9-11(7-14(19)20)15(21)18-6-2-5-16/h3-4,8,11H,2,5-7,9H2,1H3,(H,18,21). The van der Waals surface area contributed by atoms with Crippen LogP contribution in [0.25, 0.3) is 0 Å². The minimum absolute atomic E-state index is 0.0487. The Kier molecular flexibility index (Phi) is 5.48. The highest BCUT2D eigenvalue weighted by atomic mass is 35.5. The summed E-state index contributed by atoms with van der Waals surface area (Å²) in [6.45, 7) is 2.85. The maximum absolute atomic E-state index is 12.1. The molecule has 0 aliphatic carbocycles. The van der Waals surface area contributed by atoms with Gasteiger partial charge in [-0.3, -0.25) is 9.59 Å². The van der Waals surface area contributed by atoms with E-state index in [-0.39, 0.29) is 24.2 Å². The molecular weight excluding hydrogens is 311 g/mol. The quantitative estimate of drug-likeness (QED) is 0.667. The Balaban J connectivity index is 2.02. The van der Waals surface area contributed by atoms with Crippen molar-refractivity contribution in [1.29, 1.82) is 0 Å². The van der Waals surface area contributed by atoms with Crippen LogP contribution in [-0.2, 0) is 9.59 Å². The number of hydrogen-bond donors (Lipinski definition) is 1. The SMILES string of the molecule is Cc1ccc(N2CC(C(=O)NCCCCl)CC2=O)cc1Cl. The number of carbonyl (C=O) groups excluding carboxylic acids is 2. The average molecular weight is 329 g/mol. The van der Waals surface area contributed by atoms with Gasteiger partial charge >= 0.3 is 0 Å². The molecule has 4 nitrogen and oxygen atoms in total. The molecule has 6 heteroatoms. The maximum Gasteiger partial charge on any atom is 0.227 e. The van der Waals surface area contributed by atoms with Crippen molar-refractivity contribution in [2.24, 2.45) is 5.92 Å². The van der Waals surface area contributed by atoms with Gasteiger partial charge in [0.05, 0.1) is 5.92 Å². The zero-order chi connectivity index (χ0) is 15.4. The molecule has 2 amide bonds. The molecule has 1 heterocycles. The zero-order valence-corrected chi connectivity index (χ0v) is 13.4. The van der Waals surface area contributed by atoms with Crippen molar-refractivity contribution in [3.8, 4) is 0 Å². The predicted molar refractivity (Wildman–Crippen MR) is 85.0 cm³/mol. The van der Waals surface area contributed by atoms with Crippen LogP contribution >= 0.6 is 23.2 Å². The Labute approximate surface area is 134 Å². The van der Waals surface area contributed by atoms with Crippen LogP contribution < -0.4 is 10.2 Å². The van der Waals surface area contributed by atoms with Crippen LogP contribution in [-0.4, -0.2) is 30.8 Å². The van der Waals surface area contributed by atoms with Gasteiger partial charge in [0.1, 0.15) is 0 Å². The number of anilines is 1. The highest BCUT2D eigenvalue weighted by Crippen LogP contribution is 2.28. The van der Waals surface area contributed by atoms with Crippen molar-refractivity contribution in [2.45, 2.75) is 19.8 Å². The molecule has 114 valence electrons. The van der Waals surface area contributed by atoms with Gasteiger partial charge in [-0.25, -0.2) is 0 Å². The second kappa shape index (κ2) is 7.14. The highest BCUT2D eigenvalue weighted by molar-refractivity contribution is 6.31. The average Bonchev–Trinajstić information content (AvgIpc) is 2.84. The minimum Gasteiger partial charge on any atom is -0.356 e. The number of aryl methyl sites for hydroxylation is 1. The van der Waals surface area contributed by atoms with Crippen LogP contribution in [0, 0.1) is 12.8 Å². The van der Waals surface area contributed by atoms with E-state index in [0.717, 1.165) is 17.7 Å². The number of amides is 2. The number of benzene rings is 1. The Morgan fingerprint density at radius 2 is 2.24 bits per heavy atom. The van der Waals surface area contributed by atoms with Crippen molar-refractivity contribution < 1.29 is 9.59 Å². The molecule has 1 aliphatic rings. The van der Waals surface area contributed by atoms with Gasteiger partial charge in [-0.05, 0) is 31.0 Å². The van der Waals surface area contributed by atoms with Gasteiger partial charge in [0.25, 0.3) is 0 Å². The van der Waals surface area contributed by atoms with E-state index < -0.39 is 0 Å². The van der Waals surface area contributed by atoms with Crippen LogP contribution in [0.1, 0.15) is 18.4 Å². The fourth-order valence-electron chi connectivity index (χ4n) is 2.31. The molecule has 0 spiro atoms. The molecular formula is C15H18Cl2N2O2. The number of nitrogens with one attached hydrogen (secondary N) is 1. The van der Waals surface area contributed by atoms with Gasteiger partial charge in [-0.1, -0.05) is 17.7 Å². The second-order valence-electron chi connectivity index (χ2n) is 5.17. The molecule has 21 heavy (non-hydrogen) atoms. The van der Waals surface area contributed by atoms with E-state index in [4.69, 9.17) is 23.2 Å². The van der Waals surface area contributed by atoms with Gasteiger partial charge < -0.3 is 10.2 Å². The van der Waals surface area contributed by atoms with Gasteiger partial charge in [0.15, 0.2) is 0 Å². The number of alkyl halides is 1. The molecule has 1 aliphatic heterocycles. The molecule has 2 rings (SSSR count). The van der Waals surface area contributed by atoms with Crippen LogP contribution in [0.3, 0.4) is 0 Å². The molecule has 1 atom stereocenters. The molecule has 1 fully saturated rings. The van der Waals surface area contributed by atoms with Crippen molar-refractivity contribution in [3.05, 3.63) is 28.8 Å². The zero-order valence-electron chi connectivity index (χ0n) is 11.9. The third kappa shape index (κ3) is 3.89. The lowest BCUT2D eigenvalue weighted by Crippen LogP contribution is -2.33. The number of hydrogen-bond acceptors (Lipinski definition) is 2. The molecule has 1 N–H and O–H groups in total. The molecule has 1 aromatic rings. The summed E-state index contributed by atoms with van der Waals surface area (Å²) in [6, 6.07) is 5.49. The fraction of sp³-hybridized carbons (Fsp3) is 0.467. The summed E-state index contributed by atoms with van der Waals surface area (Å²) in [4.78, 5) is 25.7. The number of rotatable bonds is 5. The first kappa shape index (κ1) is 16.1. The van der Waals surface area contributed by atoms with E-state index in [1.807, 2.05) is 19.1 Å². The molecule has 1 aromatic carbocycles. The van der Waals surface area contributed by atoms with E-state index in [9.17, 15) is 9.59 Å². The summed E-state index contributed by atoms with van der Waals surface area (Å²) in [5.74, 6) is 0.0622. The van der Waals surface area contributed by atoms with Crippen LogP contribution in [0.2, 0.25) is 5.02 Å². The van der Waals surface area contributed by atoms with Crippen LogP contribution in [0.15, 0.2) is 18.2 Å². The summed E-state index contributed by atoms with van der Waals surface area (Å²) in [7, 11) is 0. The Hall–Kier alpha value is -1.26. The monoisotopic (exact) mass is 328 g/mol. The molecule has 1 unspecified atom stereocenters. The van der Waals surface area contributed by atoms with Gasteiger partial charge in [-0.15, -0.1) is 11.6 Å². The van der Waals surface area contributed by atoms with E-state index >= 15 is 0 Å². The van der Waals surface area contributed by atoms with Crippen LogP contribution in [0.5, 0.6) is 0 Å². The summed E-state index contributed by atoms with van der Waals surface area (Å²) in [5.41, 5.74) is 1.70. The van der Waals surface area contributed by atoms with E-state index in [0.29, 0.717) is 24.0 Å². The molecule has 0 saturated carbocycles. The Bertz CT molecular complexity index is 548. The summed E-state index contributed by atoms with van der Waals surface area (Å²) >= 11 is 11.7. The van der Waals surface area contributed by atoms with E-state index in [1.54, 1.807) is 11.0 Å². The van der Waals surface area contributed by atoms with Crippen molar-refractivity contribution in [2.75, 3.05) is 23.9 Å². The van der Waals surface area contributed by atoms with Gasteiger partial charge in [-0.2, -0.15) is 0 Å². The number of carbonyl (C=O) groups is 2. The van der Waals surface area contributed by atoms with Crippen molar-refractivity contribution >= 4 is 40.7 Å². The highest BCUT2D eigenvalue weighted by Gasteiger charge is 2.35. The van der Waals surface area contributed by atoms with Gasteiger partial charge in [0.2, 0.25) is 11.8 Å². The topological polar surface area (TPSA) is 49.4 Å². The first-order valence-electron chi connectivity index (χ1n) is 6.93. The first-order valence-corrected chi connectivity index (χ1v) is 7.84. The van der Waals surface area contributed by atoms with E-state index in [1.165, 1.54) is 0 Å². The maximum atomic E-state index is 12.1. The minimum atomic E-state index is -0.312. The smallest absolute Gasteiger partial charge is 0.227 e. The summed E-state index contributed by atoms with van der Waals surface area (Å²) in [5, 5.41) is 3.43. The van der Waals surface area contributed by atoms with E-state index in [2.05, 4.69) is 5.32 Å². The van der Waals surface area contributed by atoms with Crippen molar-refractivity contribution in [1.82, 2.24) is 5.32 Å². The lowest BCUT2D eigenvalue weighted by Gasteiger charge is -2.17. The Morgan fingerprint density at radius 3 is 2.90 bits per heavy atom. The van der Waals surface area contributed by atoms with Gasteiger partial charge in [0, 0.05) is 36.1 Å². The molecule has 1 saturated heterocycles. The normalized spacial score (nSPS) is 18.1. The fourth-order valence-corrected chi connectivity index (χ4v) is 2.61. The largest absolute Gasteiger partial charge is 0.356 e. The predicted octanol–water partition coefficient (Wildman–Crippen LogP) is 2.75. The lowest BCUT2D eigenvalue weighted by atomic mass is 10.1. The summed E-state index contributed by atoms with van der Waals surface area (Å²) < 4.78 is 0. The molecule has 0 radical (unpaired) electrons. The lowest BCUT2D eigenvalue weighted by molar-refractivity contribution is -0.126. The number of nitrogens with zero attached hydrogens (tertiary/aromatic N) is 1.